The summed E-state index contributed by atoms with van der Waals surface area (Å²) in [5.74, 6) is 1.20. The first-order chi connectivity index (χ1) is 12.5. The second-order valence-corrected chi connectivity index (χ2v) is 6.94. The number of nitrogens with one attached hydrogen (secondary N) is 1. The van der Waals surface area contributed by atoms with E-state index in [0.29, 0.717) is 36.7 Å². The molecule has 1 aliphatic heterocycles. The maximum Gasteiger partial charge on any atom is 0.256 e. The molecule has 0 bridgehead atoms. The molecule has 2 amide bonds. The smallest absolute Gasteiger partial charge is 0.256 e. The van der Waals surface area contributed by atoms with Gasteiger partial charge in [-0.3, -0.25) is 9.59 Å². The number of hydrogen-bond acceptors (Lipinski definition) is 5. The topological polar surface area (TPSA) is 88.3 Å². The third kappa shape index (κ3) is 4.28. The van der Waals surface area contributed by atoms with Crippen LogP contribution in [0.25, 0.3) is 0 Å². The van der Waals surface area contributed by atoms with Crippen LogP contribution in [0, 0.1) is 5.92 Å². The fourth-order valence-corrected chi connectivity index (χ4v) is 3.00. The zero-order valence-corrected chi connectivity index (χ0v) is 15.1. The highest BCUT2D eigenvalue weighted by Crippen LogP contribution is 2.19. The minimum Gasteiger partial charge on any atom is -0.472 e. The van der Waals surface area contributed by atoms with Crippen LogP contribution in [0.5, 0.6) is 0 Å². The van der Waals surface area contributed by atoms with Crippen molar-refractivity contribution in [2.45, 2.75) is 32.6 Å². The zero-order valence-electron chi connectivity index (χ0n) is 15.1. The zero-order chi connectivity index (χ0) is 18.5. The molecule has 1 N–H and O–H groups in total. The van der Waals surface area contributed by atoms with Crippen molar-refractivity contribution in [3.8, 4) is 0 Å². The molecule has 7 heteroatoms. The van der Waals surface area contributed by atoms with Gasteiger partial charge >= 0.3 is 0 Å². The van der Waals surface area contributed by atoms with E-state index in [2.05, 4.69) is 15.3 Å². The number of likely N-dealkylation sites (tertiary alicyclic amines) is 1. The number of hydrogen-bond donors (Lipinski definition) is 1. The molecule has 0 radical (unpaired) electrons. The predicted octanol–water partition coefficient (Wildman–Crippen LogP) is 2.48. The molecule has 0 aliphatic carbocycles. The summed E-state index contributed by atoms with van der Waals surface area (Å²) in [4.78, 5) is 34.9. The Kier molecular flexibility index (Phi) is 5.65. The van der Waals surface area contributed by atoms with Crippen molar-refractivity contribution in [3.63, 3.8) is 0 Å². The molecule has 0 saturated carbocycles. The molecule has 1 fully saturated rings. The van der Waals surface area contributed by atoms with Crippen molar-refractivity contribution in [2.75, 3.05) is 19.6 Å². The fraction of sp³-hybridized carbons (Fsp3) is 0.474. The van der Waals surface area contributed by atoms with Crippen molar-refractivity contribution in [1.82, 2.24) is 20.2 Å². The molecule has 0 aromatic carbocycles. The number of amides is 2. The molecule has 26 heavy (non-hydrogen) atoms. The van der Waals surface area contributed by atoms with E-state index in [1.165, 1.54) is 12.5 Å². The quantitative estimate of drug-likeness (QED) is 0.889. The van der Waals surface area contributed by atoms with Crippen LogP contribution in [0.4, 0.5) is 0 Å². The van der Waals surface area contributed by atoms with Gasteiger partial charge in [0.1, 0.15) is 12.1 Å². The number of furan rings is 1. The Balaban J connectivity index is 1.47. The van der Waals surface area contributed by atoms with Gasteiger partial charge in [0.15, 0.2) is 0 Å². The summed E-state index contributed by atoms with van der Waals surface area (Å²) in [7, 11) is 0. The van der Waals surface area contributed by atoms with Gasteiger partial charge < -0.3 is 14.6 Å². The molecule has 138 valence electrons. The number of piperidine rings is 1. The number of carbonyl (C=O) groups is 2. The third-order valence-electron chi connectivity index (χ3n) is 4.67. The molecule has 7 nitrogen and oxygen atoms in total. The van der Waals surface area contributed by atoms with Gasteiger partial charge in [-0.25, -0.2) is 9.97 Å². The third-order valence-corrected chi connectivity index (χ3v) is 4.67. The van der Waals surface area contributed by atoms with Gasteiger partial charge in [0.25, 0.3) is 11.8 Å². The van der Waals surface area contributed by atoms with Gasteiger partial charge in [-0.15, -0.1) is 0 Å². The summed E-state index contributed by atoms with van der Waals surface area (Å²) in [5.41, 5.74) is 1.06. The Morgan fingerprint density at radius 3 is 2.50 bits per heavy atom. The van der Waals surface area contributed by atoms with E-state index in [4.69, 9.17) is 4.42 Å². The maximum absolute atomic E-state index is 12.6. The lowest BCUT2D eigenvalue weighted by Gasteiger charge is -2.32. The number of nitrogens with zero attached hydrogens (tertiary/aromatic N) is 3. The number of carbonyl (C=O) groups excluding carboxylic acids is 2. The molecule has 0 unspecified atom stereocenters. The van der Waals surface area contributed by atoms with Crippen LogP contribution >= 0.6 is 0 Å². The average Bonchev–Trinajstić information content (AvgIpc) is 3.21. The summed E-state index contributed by atoms with van der Waals surface area (Å²) in [6, 6.07) is 1.64. The van der Waals surface area contributed by atoms with Gasteiger partial charge in [0.05, 0.1) is 17.4 Å². The lowest BCUT2D eigenvalue weighted by Crippen LogP contribution is -2.41. The van der Waals surface area contributed by atoms with Crippen LogP contribution in [0.3, 0.4) is 0 Å². The van der Waals surface area contributed by atoms with Crippen molar-refractivity contribution >= 4 is 11.8 Å². The Morgan fingerprint density at radius 1 is 1.23 bits per heavy atom. The normalized spacial score (nSPS) is 15.3. The molecule has 2 aromatic rings. The molecule has 0 spiro atoms. The fourth-order valence-electron chi connectivity index (χ4n) is 3.00. The van der Waals surface area contributed by atoms with Crippen LogP contribution in [-0.2, 0) is 0 Å². The first-order valence-corrected chi connectivity index (χ1v) is 8.96. The highest BCUT2D eigenvalue weighted by molar-refractivity contribution is 5.94. The van der Waals surface area contributed by atoms with Gasteiger partial charge in [0, 0.05) is 37.9 Å². The molecule has 3 heterocycles. The van der Waals surface area contributed by atoms with Gasteiger partial charge in [0.2, 0.25) is 0 Å². The summed E-state index contributed by atoms with van der Waals surface area (Å²) in [6.45, 7) is 6.01. The molecule has 0 atom stereocenters. The Hall–Kier alpha value is -2.70. The number of rotatable bonds is 5. The summed E-state index contributed by atoms with van der Waals surface area (Å²) in [5, 5.41) is 2.92. The molecule has 1 aliphatic rings. The van der Waals surface area contributed by atoms with Crippen molar-refractivity contribution in [1.29, 1.82) is 0 Å². The first-order valence-electron chi connectivity index (χ1n) is 8.96. The lowest BCUT2D eigenvalue weighted by atomic mass is 9.96. The maximum atomic E-state index is 12.6. The summed E-state index contributed by atoms with van der Waals surface area (Å²) < 4.78 is 4.92. The first kappa shape index (κ1) is 18.1. The standard InChI is InChI=1S/C19H24N4O3/c1-13(2)17-20-10-16(11-21-17)19(25)23-6-3-14(4-7-23)9-22-18(24)15-5-8-26-12-15/h5,8,10-14H,3-4,6-7,9H2,1-2H3,(H,22,24). The SMILES string of the molecule is CC(C)c1ncc(C(=O)N2CCC(CNC(=O)c3ccoc3)CC2)cn1. The predicted molar refractivity (Wildman–Crippen MR) is 95.8 cm³/mol. The molecule has 1 saturated heterocycles. The van der Waals surface area contributed by atoms with Crippen LogP contribution in [0.1, 0.15) is 59.1 Å². The molecular formula is C19H24N4O3. The second kappa shape index (κ2) is 8.12. The Morgan fingerprint density at radius 2 is 1.92 bits per heavy atom. The van der Waals surface area contributed by atoms with Gasteiger partial charge in [-0.2, -0.15) is 0 Å². The van der Waals surface area contributed by atoms with E-state index in [1.807, 2.05) is 18.7 Å². The van der Waals surface area contributed by atoms with Crippen molar-refractivity contribution in [3.05, 3.63) is 47.9 Å². The van der Waals surface area contributed by atoms with Gasteiger partial charge in [-0.05, 0) is 24.8 Å². The summed E-state index contributed by atoms with van der Waals surface area (Å²) >= 11 is 0. The van der Waals surface area contributed by atoms with E-state index in [1.54, 1.807) is 18.5 Å². The van der Waals surface area contributed by atoms with Crippen LogP contribution < -0.4 is 5.32 Å². The van der Waals surface area contributed by atoms with E-state index >= 15 is 0 Å². The monoisotopic (exact) mass is 356 g/mol. The highest BCUT2D eigenvalue weighted by atomic mass is 16.3. The Bertz CT molecular complexity index is 733. The van der Waals surface area contributed by atoms with Crippen LogP contribution in [0.2, 0.25) is 0 Å². The highest BCUT2D eigenvalue weighted by Gasteiger charge is 2.24. The minimum absolute atomic E-state index is 0.0267. The van der Waals surface area contributed by atoms with E-state index < -0.39 is 0 Å². The van der Waals surface area contributed by atoms with Crippen LogP contribution in [0.15, 0.2) is 35.4 Å². The van der Waals surface area contributed by atoms with Crippen molar-refractivity contribution in [2.24, 2.45) is 5.92 Å². The number of aromatic nitrogens is 2. The molecular weight excluding hydrogens is 332 g/mol. The van der Waals surface area contributed by atoms with Gasteiger partial charge in [-0.1, -0.05) is 13.8 Å². The average molecular weight is 356 g/mol. The second-order valence-electron chi connectivity index (χ2n) is 6.94. The van der Waals surface area contributed by atoms with E-state index in [0.717, 1.165) is 18.7 Å². The van der Waals surface area contributed by atoms with E-state index in [-0.39, 0.29) is 17.7 Å². The van der Waals surface area contributed by atoms with Crippen LogP contribution in [-0.4, -0.2) is 46.3 Å². The largest absolute Gasteiger partial charge is 0.472 e. The minimum atomic E-state index is -0.125. The molecule has 2 aromatic heterocycles. The lowest BCUT2D eigenvalue weighted by molar-refractivity contribution is 0.0683. The summed E-state index contributed by atoms with van der Waals surface area (Å²) in [6.07, 6.45) is 7.87. The Labute approximate surface area is 152 Å². The van der Waals surface area contributed by atoms with E-state index in [9.17, 15) is 9.59 Å². The molecule has 3 rings (SSSR count). The van der Waals surface area contributed by atoms with Crippen molar-refractivity contribution < 1.29 is 14.0 Å².